The number of hydrogen-bond acceptors (Lipinski definition) is 4. The van der Waals surface area contributed by atoms with E-state index in [1.807, 2.05) is 6.20 Å². The standard InChI is InChI=1S/C19H30N4O2/c24-19(13-16-3-1-12-25-15-16)22-8-2-7-21(10-11-22)14-18-20-6-9-23(18)17-4-5-17/h6,9,16-17H,1-5,7-8,10-15H2. The van der Waals surface area contributed by atoms with Crippen LogP contribution in [0.4, 0.5) is 0 Å². The summed E-state index contributed by atoms with van der Waals surface area (Å²) in [5, 5.41) is 0. The maximum Gasteiger partial charge on any atom is 0.222 e. The normalized spacial score (nSPS) is 25.8. The van der Waals surface area contributed by atoms with E-state index in [-0.39, 0.29) is 0 Å². The third-order valence-corrected chi connectivity index (χ3v) is 5.71. The summed E-state index contributed by atoms with van der Waals surface area (Å²) in [6.45, 7) is 6.26. The predicted octanol–water partition coefficient (Wildman–Crippen LogP) is 2.07. The van der Waals surface area contributed by atoms with Gasteiger partial charge in [-0.1, -0.05) is 0 Å². The minimum Gasteiger partial charge on any atom is -0.381 e. The molecular formula is C19H30N4O2. The third-order valence-electron chi connectivity index (χ3n) is 5.71. The van der Waals surface area contributed by atoms with Crippen LogP contribution in [0.1, 0.15) is 50.4 Å². The lowest BCUT2D eigenvalue weighted by atomic mass is 9.98. The van der Waals surface area contributed by atoms with Crippen molar-refractivity contribution in [3.8, 4) is 0 Å². The van der Waals surface area contributed by atoms with E-state index in [0.29, 0.717) is 24.3 Å². The molecule has 6 nitrogen and oxygen atoms in total. The van der Waals surface area contributed by atoms with Crippen molar-refractivity contribution in [1.82, 2.24) is 19.4 Å². The molecule has 2 aliphatic heterocycles. The predicted molar refractivity (Wildman–Crippen MR) is 95.1 cm³/mol. The maximum absolute atomic E-state index is 12.6. The second-order valence-corrected chi connectivity index (χ2v) is 7.78. The van der Waals surface area contributed by atoms with Crippen LogP contribution >= 0.6 is 0 Å². The van der Waals surface area contributed by atoms with E-state index in [1.54, 1.807) is 0 Å². The average Bonchev–Trinajstić information content (AvgIpc) is 3.41. The number of carbonyl (C=O) groups is 1. The van der Waals surface area contributed by atoms with Gasteiger partial charge in [0.2, 0.25) is 5.91 Å². The van der Waals surface area contributed by atoms with Crippen molar-refractivity contribution in [3.63, 3.8) is 0 Å². The third kappa shape index (κ3) is 4.42. The summed E-state index contributed by atoms with van der Waals surface area (Å²) in [6, 6.07) is 0.681. The van der Waals surface area contributed by atoms with Gasteiger partial charge < -0.3 is 14.2 Å². The first-order valence-electron chi connectivity index (χ1n) is 9.89. The van der Waals surface area contributed by atoms with Crippen LogP contribution in [0.5, 0.6) is 0 Å². The first kappa shape index (κ1) is 17.0. The fourth-order valence-corrected chi connectivity index (χ4v) is 4.07. The fourth-order valence-electron chi connectivity index (χ4n) is 4.07. The van der Waals surface area contributed by atoms with Gasteiger partial charge in [0, 0.05) is 64.2 Å². The molecule has 1 saturated carbocycles. The number of amides is 1. The van der Waals surface area contributed by atoms with Crippen molar-refractivity contribution < 1.29 is 9.53 Å². The number of hydrogen-bond donors (Lipinski definition) is 0. The largest absolute Gasteiger partial charge is 0.381 e. The van der Waals surface area contributed by atoms with E-state index in [9.17, 15) is 4.79 Å². The Kier molecular flexibility index (Phi) is 5.36. The first-order valence-corrected chi connectivity index (χ1v) is 9.89. The number of aromatic nitrogens is 2. The molecule has 138 valence electrons. The maximum atomic E-state index is 12.6. The van der Waals surface area contributed by atoms with Gasteiger partial charge in [-0.05, 0) is 38.0 Å². The molecule has 1 aliphatic carbocycles. The van der Waals surface area contributed by atoms with Crippen molar-refractivity contribution in [2.24, 2.45) is 5.92 Å². The highest BCUT2D eigenvalue weighted by Gasteiger charge is 2.27. The molecule has 1 amide bonds. The molecule has 25 heavy (non-hydrogen) atoms. The molecular weight excluding hydrogens is 316 g/mol. The summed E-state index contributed by atoms with van der Waals surface area (Å²) in [6.07, 6.45) is 10.6. The van der Waals surface area contributed by atoms with Gasteiger partial charge in [-0.25, -0.2) is 4.98 Å². The Balaban J connectivity index is 1.27. The molecule has 1 unspecified atom stereocenters. The zero-order valence-electron chi connectivity index (χ0n) is 15.1. The van der Waals surface area contributed by atoms with Crippen molar-refractivity contribution in [2.45, 2.75) is 51.1 Å². The number of nitrogens with zero attached hydrogens (tertiary/aromatic N) is 4. The lowest BCUT2D eigenvalue weighted by Crippen LogP contribution is -2.37. The Morgan fingerprint density at radius 1 is 1.16 bits per heavy atom. The molecule has 1 aromatic rings. The summed E-state index contributed by atoms with van der Waals surface area (Å²) < 4.78 is 7.86. The quantitative estimate of drug-likeness (QED) is 0.819. The van der Waals surface area contributed by atoms with Gasteiger partial charge in [0.25, 0.3) is 0 Å². The molecule has 1 aromatic heterocycles. The molecule has 6 heteroatoms. The fraction of sp³-hybridized carbons (Fsp3) is 0.789. The average molecular weight is 346 g/mol. The highest BCUT2D eigenvalue weighted by molar-refractivity contribution is 5.76. The van der Waals surface area contributed by atoms with Gasteiger partial charge in [0.05, 0.1) is 6.54 Å². The van der Waals surface area contributed by atoms with Crippen LogP contribution in [-0.4, -0.2) is 64.7 Å². The second kappa shape index (κ2) is 7.87. The smallest absolute Gasteiger partial charge is 0.222 e. The van der Waals surface area contributed by atoms with E-state index in [4.69, 9.17) is 4.74 Å². The highest BCUT2D eigenvalue weighted by Crippen LogP contribution is 2.35. The molecule has 0 aromatic carbocycles. The Hall–Kier alpha value is -1.40. The number of imidazole rings is 1. The van der Waals surface area contributed by atoms with Gasteiger partial charge in [-0.2, -0.15) is 0 Å². The van der Waals surface area contributed by atoms with Gasteiger partial charge in [-0.3, -0.25) is 9.69 Å². The molecule has 3 heterocycles. The van der Waals surface area contributed by atoms with Crippen molar-refractivity contribution in [1.29, 1.82) is 0 Å². The molecule has 0 radical (unpaired) electrons. The van der Waals surface area contributed by atoms with Crippen LogP contribution in [0, 0.1) is 5.92 Å². The number of rotatable bonds is 5. The zero-order chi connectivity index (χ0) is 17.1. The van der Waals surface area contributed by atoms with E-state index < -0.39 is 0 Å². The summed E-state index contributed by atoms with van der Waals surface area (Å²) in [7, 11) is 0. The molecule has 3 aliphatic rings. The highest BCUT2D eigenvalue weighted by atomic mass is 16.5. The van der Waals surface area contributed by atoms with Crippen LogP contribution in [0.15, 0.2) is 12.4 Å². The number of carbonyl (C=O) groups excluding carboxylic acids is 1. The Labute approximate surface area is 150 Å². The van der Waals surface area contributed by atoms with E-state index in [1.165, 1.54) is 18.7 Å². The zero-order valence-corrected chi connectivity index (χ0v) is 15.1. The lowest BCUT2D eigenvalue weighted by Gasteiger charge is -2.26. The van der Waals surface area contributed by atoms with Gasteiger partial charge in [0.1, 0.15) is 5.82 Å². The Morgan fingerprint density at radius 3 is 2.88 bits per heavy atom. The Bertz CT molecular complexity index is 578. The molecule has 0 N–H and O–H groups in total. The van der Waals surface area contributed by atoms with Crippen LogP contribution in [0.3, 0.4) is 0 Å². The SMILES string of the molecule is O=C(CC1CCCOC1)N1CCCN(Cc2nccn2C2CC2)CC1. The summed E-state index contributed by atoms with van der Waals surface area (Å²) in [4.78, 5) is 21.7. The molecule has 4 rings (SSSR count). The van der Waals surface area contributed by atoms with Crippen LogP contribution in [-0.2, 0) is 16.1 Å². The summed E-state index contributed by atoms with van der Waals surface area (Å²) in [5.74, 6) is 1.92. The molecule has 0 bridgehead atoms. The lowest BCUT2D eigenvalue weighted by molar-refractivity contribution is -0.133. The molecule has 0 spiro atoms. The topological polar surface area (TPSA) is 50.6 Å². The molecule has 3 fully saturated rings. The minimum absolute atomic E-state index is 0.317. The monoisotopic (exact) mass is 346 g/mol. The van der Waals surface area contributed by atoms with E-state index in [2.05, 4.69) is 25.5 Å². The van der Waals surface area contributed by atoms with Gasteiger partial charge >= 0.3 is 0 Å². The molecule has 1 atom stereocenters. The van der Waals surface area contributed by atoms with Crippen molar-refractivity contribution >= 4 is 5.91 Å². The van der Waals surface area contributed by atoms with E-state index in [0.717, 1.165) is 65.2 Å². The second-order valence-electron chi connectivity index (χ2n) is 7.78. The summed E-state index contributed by atoms with van der Waals surface area (Å²) in [5.41, 5.74) is 0. The van der Waals surface area contributed by atoms with Gasteiger partial charge in [-0.15, -0.1) is 0 Å². The van der Waals surface area contributed by atoms with Gasteiger partial charge in [0.15, 0.2) is 0 Å². The van der Waals surface area contributed by atoms with Crippen LogP contribution in [0.2, 0.25) is 0 Å². The number of ether oxygens (including phenoxy) is 1. The molecule has 2 saturated heterocycles. The minimum atomic E-state index is 0.317. The summed E-state index contributed by atoms with van der Waals surface area (Å²) >= 11 is 0. The van der Waals surface area contributed by atoms with Crippen molar-refractivity contribution in [3.05, 3.63) is 18.2 Å². The van der Waals surface area contributed by atoms with Crippen molar-refractivity contribution in [2.75, 3.05) is 39.4 Å². The Morgan fingerprint density at radius 2 is 2.08 bits per heavy atom. The van der Waals surface area contributed by atoms with Crippen LogP contribution in [0.25, 0.3) is 0 Å². The first-order chi connectivity index (χ1) is 12.3. The van der Waals surface area contributed by atoms with E-state index >= 15 is 0 Å². The van der Waals surface area contributed by atoms with Crippen LogP contribution < -0.4 is 0 Å².